The first kappa shape index (κ1) is 24.7. The molecule has 1 aromatic carbocycles. The van der Waals surface area contributed by atoms with Crippen molar-refractivity contribution in [3.05, 3.63) is 40.9 Å². The molecule has 0 aliphatic carbocycles. The molecule has 0 atom stereocenters. The molecule has 146 valence electrons. The maximum Gasteiger partial charge on any atom is 0.416 e. The number of hydrogen-bond donors (Lipinski definition) is 2. The average Bonchev–Trinajstić information content (AvgIpc) is 2.99. The summed E-state index contributed by atoms with van der Waals surface area (Å²) < 4.78 is 38.3. The number of aromatic nitrogens is 1. The van der Waals surface area contributed by atoms with E-state index in [-0.39, 0.29) is 37.1 Å². The molecular weight excluding hydrogens is 410 g/mol. The van der Waals surface area contributed by atoms with Gasteiger partial charge in [-0.1, -0.05) is 12.1 Å². The molecule has 1 aromatic heterocycles. The summed E-state index contributed by atoms with van der Waals surface area (Å²) in [5, 5.41) is 7.94. The minimum Gasteiger partial charge on any atom is -0.356 e. The van der Waals surface area contributed by atoms with Gasteiger partial charge in [0.2, 0.25) is 5.91 Å². The van der Waals surface area contributed by atoms with Gasteiger partial charge in [0.25, 0.3) is 0 Å². The molecule has 0 unspecified atom stereocenters. The highest BCUT2D eigenvalue weighted by Crippen LogP contribution is 2.33. The number of amides is 1. The Kier molecular flexibility index (Phi) is 10.8. The summed E-state index contributed by atoms with van der Waals surface area (Å²) in [5.41, 5.74) is 0.244. The van der Waals surface area contributed by atoms with Crippen LogP contribution in [-0.2, 0) is 17.4 Å². The number of carbonyl (C=O) groups excluding carboxylic acids is 1. The molecule has 1 heterocycles. The third-order valence-corrected chi connectivity index (χ3v) is 4.20. The van der Waals surface area contributed by atoms with Crippen LogP contribution in [0, 0.1) is 0 Å². The zero-order valence-electron chi connectivity index (χ0n) is 13.9. The second kappa shape index (κ2) is 11.4. The molecule has 0 fully saturated rings. The van der Waals surface area contributed by atoms with Gasteiger partial charge in [-0.25, -0.2) is 4.98 Å². The molecule has 2 aromatic rings. The highest BCUT2D eigenvalue weighted by Gasteiger charge is 2.30. The molecular formula is C16H20Cl2F3N3OS. The van der Waals surface area contributed by atoms with E-state index in [0.29, 0.717) is 22.8 Å². The molecule has 10 heteroatoms. The lowest BCUT2D eigenvalue weighted by Gasteiger charge is -2.07. The Morgan fingerprint density at radius 1 is 1.23 bits per heavy atom. The second-order valence-corrected chi connectivity index (χ2v) is 6.06. The molecule has 2 rings (SSSR count). The first-order valence-corrected chi connectivity index (χ1v) is 8.31. The van der Waals surface area contributed by atoms with Gasteiger partial charge in [-0.3, -0.25) is 4.79 Å². The second-order valence-electron chi connectivity index (χ2n) is 5.21. The topological polar surface area (TPSA) is 54.0 Å². The van der Waals surface area contributed by atoms with Crippen molar-refractivity contribution in [2.75, 3.05) is 20.1 Å². The molecule has 4 nitrogen and oxygen atoms in total. The van der Waals surface area contributed by atoms with Crippen molar-refractivity contribution in [2.45, 2.75) is 19.0 Å². The van der Waals surface area contributed by atoms with Gasteiger partial charge < -0.3 is 10.6 Å². The third kappa shape index (κ3) is 7.49. The van der Waals surface area contributed by atoms with Crippen LogP contribution >= 0.6 is 36.2 Å². The average molecular weight is 430 g/mol. The molecule has 0 radical (unpaired) electrons. The van der Waals surface area contributed by atoms with E-state index in [9.17, 15) is 18.0 Å². The van der Waals surface area contributed by atoms with Gasteiger partial charge in [-0.2, -0.15) is 13.2 Å². The molecule has 26 heavy (non-hydrogen) atoms. The van der Waals surface area contributed by atoms with E-state index in [1.54, 1.807) is 11.4 Å². The summed E-state index contributed by atoms with van der Waals surface area (Å²) in [6, 6.07) is 5.03. The highest BCUT2D eigenvalue weighted by molar-refractivity contribution is 7.13. The summed E-state index contributed by atoms with van der Waals surface area (Å²) in [6.45, 7) is 1.39. The molecule has 0 spiro atoms. The zero-order chi connectivity index (χ0) is 17.6. The van der Waals surface area contributed by atoms with Crippen molar-refractivity contribution >= 4 is 42.1 Å². The van der Waals surface area contributed by atoms with Crippen molar-refractivity contribution in [1.29, 1.82) is 0 Å². The van der Waals surface area contributed by atoms with Gasteiger partial charge in [0.1, 0.15) is 5.01 Å². The lowest BCUT2D eigenvalue weighted by Crippen LogP contribution is -2.28. The highest BCUT2D eigenvalue weighted by atomic mass is 35.5. The fourth-order valence-corrected chi connectivity index (χ4v) is 2.89. The van der Waals surface area contributed by atoms with Crippen molar-refractivity contribution in [1.82, 2.24) is 15.6 Å². The summed E-state index contributed by atoms with van der Waals surface area (Å²) in [5.74, 6) is -0.146. The maximum absolute atomic E-state index is 12.8. The lowest BCUT2D eigenvalue weighted by molar-refractivity contribution is -0.137. The number of halogens is 5. The first-order chi connectivity index (χ1) is 11.4. The molecule has 0 saturated heterocycles. The minimum atomic E-state index is -4.39. The maximum atomic E-state index is 12.8. The Balaban J connectivity index is 0.00000312. The predicted octanol–water partition coefficient (Wildman–Crippen LogP) is 3.94. The Hall–Kier alpha value is -1.35. The first-order valence-electron chi connectivity index (χ1n) is 7.43. The van der Waals surface area contributed by atoms with Crippen LogP contribution in [0.1, 0.15) is 17.7 Å². The van der Waals surface area contributed by atoms with Crippen LogP contribution < -0.4 is 10.6 Å². The minimum absolute atomic E-state index is 0. The van der Waals surface area contributed by atoms with E-state index in [2.05, 4.69) is 15.6 Å². The van der Waals surface area contributed by atoms with Crippen LogP contribution in [0.5, 0.6) is 0 Å². The molecule has 1 amide bonds. The number of alkyl halides is 3. The predicted molar refractivity (Wildman–Crippen MR) is 102 cm³/mol. The summed E-state index contributed by atoms with van der Waals surface area (Å²) in [7, 11) is 1.84. The number of thiazole rings is 1. The van der Waals surface area contributed by atoms with Crippen molar-refractivity contribution < 1.29 is 18.0 Å². The summed E-state index contributed by atoms with van der Waals surface area (Å²) in [6.07, 6.45) is -3.44. The van der Waals surface area contributed by atoms with Gasteiger partial charge >= 0.3 is 6.18 Å². The number of benzene rings is 1. The van der Waals surface area contributed by atoms with Gasteiger partial charge in [0, 0.05) is 17.5 Å². The smallest absolute Gasteiger partial charge is 0.356 e. The number of nitrogens with zero attached hydrogens (tertiary/aromatic N) is 1. The Morgan fingerprint density at radius 2 is 1.96 bits per heavy atom. The normalized spacial score (nSPS) is 10.6. The Morgan fingerprint density at radius 3 is 2.62 bits per heavy atom. The van der Waals surface area contributed by atoms with E-state index in [1.165, 1.54) is 17.4 Å². The number of carbonyl (C=O) groups is 1. The largest absolute Gasteiger partial charge is 0.416 e. The van der Waals surface area contributed by atoms with Crippen molar-refractivity contribution in [3.63, 3.8) is 0 Å². The Bertz CT molecular complexity index is 695. The van der Waals surface area contributed by atoms with E-state index in [1.807, 2.05) is 7.05 Å². The van der Waals surface area contributed by atoms with Crippen LogP contribution in [0.25, 0.3) is 10.6 Å². The van der Waals surface area contributed by atoms with Gasteiger partial charge in [-0.15, -0.1) is 36.2 Å². The fraction of sp³-hybridized carbons (Fsp3) is 0.375. The van der Waals surface area contributed by atoms with Gasteiger partial charge in [0.05, 0.1) is 17.7 Å². The number of nitrogens with one attached hydrogen (secondary N) is 2. The number of hydrogen-bond acceptors (Lipinski definition) is 4. The van der Waals surface area contributed by atoms with Crippen LogP contribution in [0.15, 0.2) is 29.6 Å². The third-order valence-electron chi connectivity index (χ3n) is 3.26. The number of rotatable bonds is 7. The summed E-state index contributed by atoms with van der Waals surface area (Å²) in [4.78, 5) is 16.1. The van der Waals surface area contributed by atoms with Crippen LogP contribution in [0.2, 0.25) is 0 Å². The standard InChI is InChI=1S/C16H18F3N3OS.2ClH/c1-20-6-3-7-21-14(23)9-13-10-24-15(22-13)11-4-2-5-12(8-11)16(17,18)19;;/h2,4-5,8,10,20H,3,6-7,9H2,1H3,(H,21,23);2*1H. The fourth-order valence-electron chi connectivity index (χ4n) is 2.07. The quantitative estimate of drug-likeness (QED) is 0.655. The molecule has 0 aliphatic heterocycles. The molecule has 0 aliphatic rings. The van der Waals surface area contributed by atoms with E-state index < -0.39 is 11.7 Å². The van der Waals surface area contributed by atoms with Crippen LogP contribution in [-0.4, -0.2) is 31.0 Å². The van der Waals surface area contributed by atoms with Crippen molar-refractivity contribution in [3.8, 4) is 10.6 Å². The van der Waals surface area contributed by atoms with E-state index >= 15 is 0 Å². The van der Waals surface area contributed by atoms with Crippen LogP contribution in [0.4, 0.5) is 13.2 Å². The van der Waals surface area contributed by atoms with E-state index in [0.717, 1.165) is 25.1 Å². The lowest BCUT2D eigenvalue weighted by atomic mass is 10.1. The molecule has 0 bridgehead atoms. The zero-order valence-corrected chi connectivity index (χ0v) is 16.4. The van der Waals surface area contributed by atoms with Gasteiger partial charge in [0.15, 0.2) is 0 Å². The monoisotopic (exact) mass is 429 g/mol. The molecule has 2 N–H and O–H groups in total. The molecule has 0 saturated carbocycles. The van der Waals surface area contributed by atoms with Crippen LogP contribution in [0.3, 0.4) is 0 Å². The van der Waals surface area contributed by atoms with E-state index in [4.69, 9.17) is 0 Å². The Labute approximate surface area is 166 Å². The van der Waals surface area contributed by atoms with Crippen molar-refractivity contribution in [2.24, 2.45) is 0 Å². The van der Waals surface area contributed by atoms with Gasteiger partial charge in [-0.05, 0) is 32.1 Å². The SMILES string of the molecule is CNCCCNC(=O)Cc1csc(-c2cccc(C(F)(F)F)c2)n1.Cl.Cl. The summed E-state index contributed by atoms with van der Waals surface area (Å²) >= 11 is 1.23.